The quantitative estimate of drug-likeness (QED) is 0.936. The van der Waals surface area contributed by atoms with Crippen LogP contribution in [0.2, 0.25) is 0 Å². The molecule has 2 heterocycles. The number of aliphatic hydroxyl groups is 1. The summed E-state index contributed by atoms with van der Waals surface area (Å²) in [4.78, 5) is 9.94. The molecule has 0 aliphatic carbocycles. The van der Waals surface area contributed by atoms with Crippen molar-refractivity contribution in [3.8, 4) is 5.75 Å². The standard InChI is InChI=1S/C15H19N3O2S/c1-20-13-4-2-3-12(9-13)17-5-7-18(8-6-17)15-16-10-14(11-19)21-15/h2-4,9-10,19H,5-8,11H2,1H3. The summed E-state index contributed by atoms with van der Waals surface area (Å²) in [6.45, 7) is 3.87. The van der Waals surface area contributed by atoms with Crippen molar-refractivity contribution < 1.29 is 9.84 Å². The van der Waals surface area contributed by atoms with Gasteiger partial charge in [-0.05, 0) is 12.1 Å². The van der Waals surface area contributed by atoms with Crippen LogP contribution >= 0.6 is 11.3 Å². The molecule has 0 amide bonds. The number of nitrogens with zero attached hydrogens (tertiary/aromatic N) is 3. The van der Waals surface area contributed by atoms with Gasteiger partial charge in [0.05, 0.1) is 18.6 Å². The normalized spacial score (nSPS) is 15.3. The number of aromatic nitrogens is 1. The fraction of sp³-hybridized carbons (Fsp3) is 0.400. The summed E-state index contributed by atoms with van der Waals surface area (Å²) in [6, 6.07) is 8.18. The van der Waals surface area contributed by atoms with Gasteiger partial charge in [0.1, 0.15) is 5.75 Å². The highest BCUT2D eigenvalue weighted by molar-refractivity contribution is 7.15. The van der Waals surface area contributed by atoms with E-state index in [4.69, 9.17) is 9.84 Å². The lowest BCUT2D eigenvalue weighted by atomic mass is 10.2. The van der Waals surface area contributed by atoms with Crippen LogP contribution in [0.1, 0.15) is 4.88 Å². The molecule has 0 bridgehead atoms. The first-order valence-corrected chi connectivity index (χ1v) is 7.81. The summed E-state index contributed by atoms with van der Waals surface area (Å²) in [6.07, 6.45) is 1.76. The Morgan fingerprint density at radius 2 is 2.00 bits per heavy atom. The third-order valence-corrected chi connectivity index (χ3v) is 4.71. The summed E-state index contributed by atoms with van der Waals surface area (Å²) < 4.78 is 5.28. The van der Waals surface area contributed by atoms with Crippen LogP contribution in [0, 0.1) is 0 Å². The van der Waals surface area contributed by atoms with Crippen LogP contribution in [0.4, 0.5) is 10.8 Å². The smallest absolute Gasteiger partial charge is 0.185 e. The molecule has 0 atom stereocenters. The molecule has 1 aromatic heterocycles. The van der Waals surface area contributed by atoms with Gasteiger partial charge in [-0.3, -0.25) is 0 Å². The van der Waals surface area contributed by atoms with Gasteiger partial charge in [0.25, 0.3) is 0 Å². The van der Waals surface area contributed by atoms with Gasteiger partial charge in [-0.15, -0.1) is 0 Å². The SMILES string of the molecule is COc1cccc(N2CCN(c3ncc(CO)s3)CC2)c1. The molecular formula is C15H19N3O2S. The Bertz CT molecular complexity index is 594. The van der Waals surface area contributed by atoms with Crippen LogP contribution in [0.25, 0.3) is 0 Å². The summed E-state index contributed by atoms with van der Waals surface area (Å²) in [5.41, 5.74) is 1.20. The maximum Gasteiger partial charge on any atom is 0.185 e. The first kappa shape index (κ1) is 14.2. The number of anilines is 2. The molecule has 1 N–H and O–H groups in total. The molecule has 0 saturated carbocycles. The van der Waals surface area contributed by atoms with Crippen molar-refractivity contribution >= 4 is 22.2 Å². The molecule has 0 unspecified atom stereocenters. The second-order valence-electron chi connectivity index (χ2n) is 4.94. The van der Waals surface area contributed by atoms with Crippen molar-refractivity contribution in [2.45, 2.75) is 6.61 Å². The third kappa shape index (κ3) is 3.11. The molecule has 6 heteroatoms. The van der Waals surface area contributed by atoms with Gasteiger partial charge in [-0.1, -0.05) is 17.4 Å². The Balaban J connectivity index is 1.64. The topological polar surface area (TPSA) is 48.8 Å². The lowest BCUT2D eigenvalue weighted by Gasteiger charge is -2.36. The van der Waals surface area contributed by atoms with E-state index in [9.17, 15) is 0 Å². The van der Waals surface area contributed by atoms with E-state index in [-0.39, 0.29) is 6.61 Å². The number of methoxy groups -OCH3 is 1. The number of ether oxygens (including phenoxy) is 1. The van der Waals surface area contributed by atoms with Crippen LogP contribution < -0.4 is 14.5 Å². The molecule has 2 aromatic rings. The van der Waals surface area contributed by atoms with Crippen molar-refractivity contribution in [2.24, 2.45) is 0 Å². The van der Waals surface area contributed by atoms with E-state index >= 15 is 0 Å². The number of rotatable bonds is 4. The number of aliphatic hydroxyl groups excluding tert-OH is 1. The minimum atomic E-state index is 0.0709. The number of benzene rings is 1. The molecule has 0 spiro atoms. The van der Waals surface area contributed by atoms with E-state index in [0.717, 1.165) is 41.9 Å². The van der Waals surface area contributed by atoms with Crippen LogP contribution in [0.3, 0.4) is 0 Å². The first-order chi connectivity index (χ1) is 10.3. The van der Waals surface area contributed by atoms with Gasteiger partial charge in [0.2, 0.25) is 0 Å². The van der Waals surface area contributed by atoms with Crippen molar-refractivity contribution in [3.63, 3.8) is 0 Å². The van der Waals surface area contributed by atoms with Crippen LogP contribution in [0.15, 0.2) is 30.5 Å². The second-order valence-corrected chi connectivity index (χ2v) is 6.04. The Labute approximate surface area is 128 Å². The lowest BCUT2D eigenvalue weighted by Crippen LogP contribution is -2.46. The van der Waals surface area contributed by atoms with Gasteiger partial charge in [0, 0.05) is 44.1 Å². The van der Waals surface area contributed by atoms with Crippen molar-refractivity contribution in [2.75, 3.05) is 43.1 Å². The zero-order chi connectivity index (χ0) is 14.7. The zero-order valence-corrected chi connectivity index (χ0v) is 12.8. The van der Waals surface area contributed by atoms with Crippen LogP contribution in [-0.4, -0.2) is 43.4 Å². The van der Waals surface area contributed by atoms with Crippen molar-refractivity contribution in [1.82, 2.24) is 4.98 Å². The van der Waals surface area contributed by atoms with Crippen LogP contribution in [-0.2, 0) is 6.61 Å². The van der Waals surface area contributed by atoms with Gasteiger partial charge in [0.15, 0.2) is 5.13 Å². The minimum Gasteiger partial charge on any atom is -0.497 e. The molecule has 1 aliphatic rings. The molecule has 21 heavy (non-hydrogen) atoms. The van der Waals surface area contributed by atoms with Gasteiger partial charge < -0.3 is 19.6 Å². The largest absolute Gasteiger partial charge is 0.497 e. The predicted octanol–water partition coefficient (Wildman–Crippen LogP) is 1.97. The predicted molar refractivity (Wildman–Crippen MR) is 85.5 cm³/mol. The summed E-state index contributed by atoms with van der Waals surface area (Å²) in [5, 5.41) is 10.1. The first-order valence-electron chi connectivity index (χ1n) is 6.99. The summed E-state index contributed by atoms with van der Waals surface area (Å²) >= 11 is 1.57. The minimum absolute atomic E-state index is 0.0709. The van der Waals surface area contributed by atoms with Gasteiger partial charge in [-0.2, -0.15) is 0 Å². The van der Waals surface area contributed by atoms with Crippen molar-refractivity contribution in [3.05, 3.63) is 35.3 Å². The van der Waals surface area contributed by atoms with Crippen LogP contribution in [0.5, 0.6) is 5.75 Å². The summed E-state index contributed by atoms with van der Waals surface area (Å²) in [7, 11) is 1.69. The highest BCUT2D eigenvalue weighted by atomic mass is 32.1. The highest BCUT2D eigenvalue weighted by Gasteiger charge is 2.19. The molecule has 1 aromatic carbocycles. The molecule has 5 nitrogen and oxygen atoms in total. The van der Waals surface area contributed by atoms with E-state index < -0.39 is 0 Å². The van der Waals surface area contributed by atoms with Crippen molar-refractivity contribution in [1.29, 1.82) is 0 Å². The van der Waals surface area contributed by atoms with E-state index in [1.165, 1.54) is 5.69 Å². The number of piperazine rings is 1. The number of hydrogen-bond acceptors (Lipinski definition) is 6. The molecule has 1 aliphatic heterocycles. The molecule has 3 rings (SSSR count). The third-order valence-electron chi connectivity index (χ3n) is 3.67. The second kappa shape index (κ2) is 6.32. The Kier molecular flexibility index (Phi) is 4.26. The fourth-order valence-electron chi connectivity index (χ4n) is 2.48. The zero-order valence-electron chi connectivity index (χ0n) is 12.0. The Morgan fingerprint density at radius 1 is 1.24 bits per heavy atom. The van der Waals surface area contributed by atoms with E-state index in [1.54, 1.807) is 24.6 Å². The lowest BCUT2D eigenvalue weighted by molar-refractivity contribution is 0.285. The molecule has 1 saturated heterocycles. The van der Waals surface area contributed by atoms with E-state index in [0.29, 0.717) is 0 Å². The fourth-order valence-corrected chi connectivity index (χ4v) is 3.30. The molecule has 0 radical (unpaired) electrons. The molecule has 112 valence electrons. The Hall–Kier alpha value is -1.79. The highest BCUT2D eigenvalue weighted by Crippen LogP contribution is 2.26. The van der Waals surface area contributed by atoms with Gasteiger partial charge >= 0.3 is 0 Å². The number of thiazole rings is 1. The average Bonchev–Trinajstić information content (AvgIpc) is 3.04. The van der Waals surface area contributed by atoms with Gasteiger partial charge in [-0.25, -0.2) is 4.98 Å². The average molecular weight is 305 g/mol. The number of hydrogen-bond donors (Lipinski definition) is 1. The Morgan fingerprint density at radius 3 is 2.67 bits per heavy atom. The monoisotopic (exact) mass is 305 g/mol. The molecular weight excluding hydrogens is 286 g/mol. The van der Waals surface area contributed by atoms with E-state index in [1.807, 2.05) is 12.1 Å². The molecule has 1 fully saturated rings. The maximum atomic E-state index is 9.12. The van der Waals surface area contributed by atoms with E-state index in [2.05, 4.69) is 26.9 Å². The summed E-state index contributed by atoms with van der Waals surface area (Å²) in [5.74, 6) is 0.891. The maximum absolute atomic E-state index is 9.12.